The van der Waals surface area contributed by atoms with Crippen LogP contribution in [0.15, 0.2) is 4.99 Å². The van der Waals surface area contributed by atoms with E-state index in [9.17, 15) is 4.79 Å². The van der Waals surface area contributed by atoms with Gasteiger partial charge in [-0.25, -0.2) is 0 Å². The summed E-state index contributed by atoms with van der Waals surface area (Å²) in [6.07, 6.45) is 5.28. The molecule has 2 atom stereocenters. The Morgan fingerprint density at radius 3 is 2.62 bits per heavy atom. The van der Waals surface area contributed by atoms with Crippen LogP contribution in [0.5, 0.6) is 0 Å². The first-order valence-corrected chi connectivity index (χ1v) is 10.4. The predicted molar refractivity (Wildman–Crippen MR) is 108 cm³/mol. The minimum absolute atomic E-state index is 0.0672. The van der Waals surface area contributed by atoms with E-state index in [0.29, 0.717) is 12.3 Å². The lowest BCUT2D eigenvalue weighted by Crippen LogP contribution is -2.52. The Labute approximate surface area is 159 Å². The molecular weight excluding hydrogens is 326 g/mol. The molecule has 0 aromatic carbocycles. The third kappa shape index (κ3) is 6.15. The van der Waals surface area contributed by atoms with Crippen LogP contribution in [0.4, 0.5) is 0 Å². The van der Waals surface area contributed by atoms with Crippen LogP contribution in [0.1, 0.15) is 59.8 Å². The van der Waals surface area contributed by atoms with Crippen LogP contribution >= 0.6 is 0 Å². The van der Waals surface area contributed by atoms with Crippen molar-refractivity contribution < 1.29 is 4.79 Å². The van der Waals surface area contributed by atoms with Crippen molar-refractivity contribution in [2.24, 2.45) is 22.6 Å². The first kappa shape index (κ1) is 21.0. The number of hydrogen-bond acceptors (Lipinski definition) is 3. The lowest BCUT2D eigenvalue weighted by atomic mass is 9.93. The first-order valence-electron chi connectivity index (χ1n) is 10.4. The molecule has 150 valence electrons. The summed E-state index contributed by atoms with van der Waals surface area (Å²) < 4.78 is 0. The fourth-order valence-corrected chi connectivity index (χ4v) is 4.24. The zero-order chi connectivity index (χ0) is 19.2. The Hall–Kier alpha value is -1.30. The number of rotatable bonds is 6. The van der Waals surface area contributed by atoms with Gasteiger partial charge in [-0.2, -0.15) is 0 Å². The van der Waals surface area contributed by atoms with E-state index in [1.54, 1.807) is 0 Å². The van der Waals surface area contributed by atoms with E-state index in [2.05, 4.69) is 42.8 Å². The fourth-order valence-electron chi connectivity index (χ4n) is 4.24. The molecule has 1 amide bonds. The molecular formula is C20H39N5O. The zero-order valence-electron chi connectivity index (χ0n) is 17.3. The van der Waals surface area contributed by atoms with E-state index in [1.807, 2.05) is 0 Å². The molecule has 0 aliphatic carbocycles. The monoisotopic (exact) mass is 365 g/mol. The van der Waals surface area contributed by atoms with Gasteiger partial charge in [0.1, 0.15) is 0 Å². The number of guanidine groups is 1. The number of nitrogens with two attached hydrogens (primary N) is 1. The Morgan fingerprint density at radius 1 is 1.23 bits per heavy atom. The maximum absolute atomic E-state index is 11.3. The number of hydrogen-bond donors (Lipinski definition) is 2. The van der Waals surface area contributed by atoms with Crippen LogP contribution in [0.25, 0.3) is 0 Å². The van der Waals surface area contributed by atoms with Crippen molar-refractivity contribution in [3.8, 4) is 0 Å². The van der Waals surface area contributed by atoms with Crippen LogP contribution in [-0.2, 0) is 4.79 Å². The zero-order valence-corrected chi connectivity index (χ0v) is 17.3. The van der Waals surface area contributed by atoms with Gasteiger partial charge < -0.3 is 16.0 Å². The Kier molecular flexibility index (Phi) is 7.74. The second-order valence-corrected chi connectivity index (χ2v) is 8.80. The maximum Gasteiger partial charge on any atom is 0.217 e. The third-order valence-electron chi connectivity index (χ3n) is 5.77. The van der Waals surface area contributed by atoms with Crippen LogP contribution in [-0.4, -0.2) is 66.5 Å². The predicted octanol–water partition coefficient (Wildman–Crippen LogP) is 2.05. The fraction of sp³-hybridized carbons (Fsp3) is 0.900. The molecule has 2 aliphatic heterocycles. The maximum atomic E-state index is 11.3. The number of piperidine rings is 2. The second kappa shape index (κ2) is 9.58. The topological polar surface area (TPSA) is 74.0 Å². The lowest BCUT2D eigenvalue weighted by molar-refractivity contribution is -0.119. The number of carbonyl (C=O) groups is 1. The number of carbonyl (C=O) groups excluding carboxylic acids is 1. The van der Waals surface area contributed by atoms with E-state index in [-0.39, 0.29) is 11.4 Å². The molecule has 0 radical (unpaired) electrons. The Balaban J connectivity index is 2.01. The largest absolute Gasteiger partial charge is 0.370 e. The smallest absolute Gasteiger partial charge is 0.217 e. The molecule has 0 saturated carbocycles. The SMILES string of the molecule is CCNC(=NCC(C)(C)N1CCCC(C)C1)N1CCCC(CC(N)=O)C1. The van der Waals surface area contributed by atoms with E-state index in [1.165, 1.54) is 25.9 Å². The van der Waals surface area contributed by atoms with Gasteiger partial charge in [-0.3, -0.25) is 14.7 Å². The van der Waals surface area contributed by atoms with E-state index < -0.39 is 0 Å². The number of aliphatic imine (C=N–C) groups is 1. The summed E-state index contributed by atoms with van der Waals surface area (Å²) in [4.78, 5) is 21.2. The van der Waals surface area contributed by atoms with Crippen LogP contribution in [0.2, 0.25) is 0 Å². The first-order chi connectivity index (χ1) is 12.3. The van der Waals surface area contributed by atoms with Crippen molar-refractivity contribution in [3.63, 3.8) is 0 Å². The van der Waals surface area contributed by atoms with Gasteiger partial charge in [-0.05, 0) is 64.8 Å². The summed E-state index contributed by atoms with van der Waals surface area (Å²) in [5, 5.41) is 3.45. The van der Waals surface area contributed by atoms with E-state index >= 15 is 0 Å². The lowest BCUT2D eigenvalue weighted by Gasteiger charge is -2.42. The van der Waals surface area contributed by atoms with Crippen molar-refractivity contribution in [1.82, 2.24) is 15.1 Å². The van der Waals surface area contributed by atoms with Gasteiger partial charge in [0, 0.05) is 38.1 Å². The molecule has 6 heteroatoms. The van der Waals surface area contributed by atoms with Crippen molar-refractivity contribution in [2.75, 3.05) is 39.3 Å². The highest BCUT2D eigenvalue weighted by molar-refractivity contribution is 5.80. The standard InChI is InChI=1S/C20H39N5O/c1-5-22-19(24-10-7-9-17(14-24)12-18(21)26)23-15-20(3,4)25-11-6-8-16(2)13-25/h16-17H,5-15H2,1-4H3,(H2,21,26)(H,22,23). The second-order valence-electron chi connectivity index (χ2n) is 8.80. The summed E-state index contributed by atoms with van der Waals surface area (Å²) in [6, 6.07) is 0. The number of likely N-dealkylation sites (tertiary alicyclic amines) is 2. The number of nitrogens with zero attached hydrogens (tertiary/aromatic N) is 3. The molecule has 2 rings (SSSR count). The highest BCUT2D eigenvalue weighted by Gasteiger charge is 2.30. The van der Waals surface area contributed by atoms with Crippen molar-refractivity contribution in [3.05, 3.63) is 0 Å². The molecule has 2 saturated heterocycles. The highest BCUT2D eigenvalue weighted by Crippen LogP contribution is 2.24. The van der Waals surface area contributed by atoms with Gasteiger partial charge in [0.2, 0.25) is 5.91 Å². The van der Waals surface area contributed by atoms with Crippen molar-refractivity contribution in [2.45, 2.75) is 65.3 Å². The van der Waals surface area contributed by atoms with Gasteiger partial charge in [0.25, 0.3) is 0 Å². The Morgan fingerprint density at radius 2 is 1.96 bits per heavy atom. The normalized spacial score (nSPS) is 26.0. The van der Waals surface area contributed by atoms with Gasteiger partial charge >= 0.3 is 0 Å². The molecule has 0 aromatic rings. The molecule has 2 fully saturated rings. The summed E-state index contributed by atoms with van der Waals surface area (Å²) in [5.41, 5.74) is 5.47. The molecule has 26 heavy (non-hydrogen) atoms. The molecule has 2 unspecified atom stereocenters. The van der Waals surface area contributed by atoms with E-state index in [0.717, 1.165) is 50.9 Å². The van der Waals surface area contributed by atoms with Crippen LogP contribution in [0.3, 0.4) is 0 Å². The molecule has 2 aliphatic rings. The summed E-state index contributed by atoms with van der Waals surface area (Å²) in [5.74, 6) is 1.91. The molecule has 0 aromatic heterocycles. The van der Waals surface area contributed by atoms with Crippen LogP contribution in [0, 0.1) is 11.8 Å². The van der Waals surface area contributed by atoms with Crippen LogP contribution < -0.4 is 11.1 Å². The molecule has 0 bridgehead atoms. The molecule has 3 N–H and O–H groups in total. The molecule has 2 heterocycles. The minimum Gasteiger partial charge on any atom is -0.370 e. The molecule has 6 nitrogen and oxygen atoms in total. The molecule has 0 spiro atoms. The summed E-state index contributed by atoms with van der Waals surface area (Å²) in [6.45, 7) is 14.9. The van der Waals surface area contributed by atoms with Gasteiger partial charge in [-0.15, -0.1) is 0 Å². The number of primary amides is 1. The quantitative estimate of drug-likeness (QED) is 0.558. The van der Waals surface area contributed by atoms with Crippen molar-refractivity contribution >= 4 is 11.9 Å². The summed E-state index contributed by atoms with van der Waals surface area (Å²) >= 11 is 0. The summed E-state index contributed by atoms with van der Waals surface area (Å²) in [7, 11) is 0. The third-order valence-corrected chi connectivity index (χ3v) is 5.77. The average Bonchev–Trinajstić information content (AvgIpc) is 2.58. The van der Waals surface area contributed by atoms with Crippen molar-refractivity contribution in [1.29, 1.82) is 0 Å². The average molecular weight is 366 g/mol. The van der Waals surface area contributed by atoms with E-state index in [4.69, 9.17) is 10.7 Å². The van der Waals surface area contributed by atoms with Gasteiger partial charge in [0.05, 0.1) is 6.54 Å². The minimum atomic E-state index is -0.195. The number of amides is 1. The Bertz CT molecular complexity index is 491. The van der Waals surface area contributed by atoms with Gasteiger partial charge in [-0.1, -0.05) is 6.92 Å². The number of nitrogens with one attached hydrogen (secondary N) is 1. The van der Waals surface area contributed by atoms with Gasteiger partial charge in [0.15, 0.2) is 5.96 Å². The highest BCUT2D eigenvalue weighted by atomic mass is 16.1.